The molecule has 0 aliphatic carbocycles. The number of aromatic nitrogens is 2. The van der Waals surface area contributed by atoms with Crippen molar-refractivity contribution in [2.45, 2.75) is 51.8 Å². The zero-order valence-electron chi connectivity index (χ0n) is 18.8. The lowest BCUT2D eigenvalue weighted by Gasteiger charge is -2.26. The van der Waals surface area contributed by atoms with Gasteiger partial charge in [-0.05, 0) is 27.3 Å². The van der Waals surface area contributed by atoms with E-state index in [1.54, 1.807) is 7.05 Å². The molecular weight excluding hydrogens is 480 g/mol. The maximum absolute atomic E-state index is 11.4. The molecule has 2 rings (SSSR count). The summed E-state index contributed by atoms with van der Waals surface area (Å²) in [6.07, 6.45) is -9.20. The maximum atomic E-state index is 11.4. The predicted molar refractivity (Wildman–Crippen MR) is 106 cm³/mol. The number of nitrogens with zero attached hydrogens (tertiary/aromatic N) is 3. The van der Waals surface area contributed by atoms with Crippen molar-refractivity contribution in [2.24, 2.45) is 0 Å². The second-order valence-electron chi connectivity index (χ2n) is 7.38. The van der Waals surface area contributed by atoms with Gasteiger partial charge in [0.15, 0.2) is 0 Å². The summed E-state index contributed by atoms with van der Waals surface area (Å²) in [5.74, 6) is -5.45. The number of carbonyl (C=O) groups is 3. The van der Waals surface area contributed by atoms with Crippen LogP contribution in [0.1, 0.15) is 30.8 Å². The third-order valence-corrected chi connectivity index (χ3v) is 4.51. The number of nitrogens with one attached hydrogen (secondary N) is 2. The molecule has 2 heterocycles. The highest BCUT2D eigenvalue weighted by Gasteiger charge is 2.38. The second kappa shape index (κ2) is 13.1. The van der Waals surface area contributed by atoms with Crippen LogP contribution in [0.3, 0.4) is 0 Å². The van der Waals surface area contributed by atoms with E-state index in [2.05, 4.69) is 46.2 Å². The number of H-pyrrole nitrogens is 1. The summed E-state index contributed by atoms with van der Waals surface area (Å²) in [5, 5.41) is 24.5. The molecule has 1 aliphatic rings. The fraction of sp³-hybridized carbons (Fsp3) is 0.667. The first-order valence-electron chi connectivity index (χ1n) is 9.68. The van der Waals surface area contributed by atoms with Crippen molar-refractivity contribution in [3.8, 4) is 0 Å². The largest absolute Gasteiger partial charge is 0.490 e. The van der Waals surface area contributed by atoms with Crippen molar-refractivity contribution in [3.63, 3.8) is 0 Å². The first-order chi connectivity index (χ1) is 15.4. The Morgan fingerprint density at radius 3 is 1.97 bits per heavy atom. The molecule has 1 aromatic rings. The summed E-state index contributed by atoms with van der Waals surface area (Å²) in [7, 11) is 3.79. The smallest absolute Gasteiger partial charge is 0.475 e. The summed E-state index contributed by atoms with van der Waals surface area (Å²) < 4.78 is 63.5. The van der Waals surface area contributed by atoms with Crippen molar-refractivity contribution >= 4 is 17.8 Å². The Labute approximate surface area is 190 Å². The van der Waals surface area contributed by atoms with Gasteiger partial charge in [0.1, 0.15) is 0 Å². The third-order valence-electron chi connectivity index (χ3n) is 4.51. The molecule has 0 radical (unpaired) electrons. The first kappa shape index (κ1) is 31.1. The molecule has 0 aromatic carbocycles. The molecule has 0 unspecified atom stereocenters. The molecule has 1 amide bonds. The Bertz CT molecular complexity index is 801. The molecule has 10 nitrogen and oxygen atoms in total. The summed E-state index contributed by atoms with van der Waals surface area (Å²) in [6.45, 7) is 7.39. The van der Waals surface area contributed by atoms with Crippen molar-refractivity contribution in [1.29, 1.82) is 0 Å². The lowest BCUT2D eigenvalue weighted by Crippen LogP contribution is -2.38. The monoisotopic (exact) mass is 507 g/mol. The van der Waals surface area contributed by atoms with Crippen LogP contribution >= 0.6 is 0 Å². The Morgan fingerprint density at radius 2 is 1.59 bits per heavy atom. The molecule has 0 saturated carbocycles. The van der Waals surface area contributed by atoms with Crippen LogP contribution in [0.25, 0.3) is 0 Å². The van der Waals surface area contributed by atoms with E-state index in [1.807, 2.05) is 0 Å². The number of hydrogen-bond donors (Lipinski definition) is 4. The highest BCUT2D eigenvalue weighted by atomic mass is 19.4. The van der Waals surface area contributed by atoms with Gasteiger partial charge in [0, 0.05) is 38.3 Å². The summed E-state index contributed by atoms with van der Waals surface area (Å²) in [6, 6.07) is 0.510. The van der Waals surface area contributed by atoms with Crippen LogP contribution < -0.4 is 5.32 Å². The van der Waals surface area contributed by atoms with Gasteiger partial charge in [-0.15, -0.1) is 0 Å². The summed E-state index contributed by atoms with van der Waals surface area (Å²) >= 11 is 0. The number of hydrogen-bond acceptors (Lipinski definition) is 6. The number of aliphatic carboxylic acids is 2. The van der Waals surface area contributed by atoms with Crippen LogP contribution in [-0.4, -0.2) is 93.6 Å². The van der Waals surface area contributed by atoms with Gasteiger partial charge in [0.2, 0.25) is 5.91 Å². The lowest BCUT2D eigenvalue weighted by atomic mass is 10.0. The van der Waals surface area contributed by atoms with Gasteiger partial charge >= 0.3 is 24.3 Å². The van der Waals surface area contributed by atoms with Crippen LogP contribution in [0.5, 0.6) is 0 Å². The zero-order chi connectivity index (χ0) is 26.9. The molecule has 0 atom stereocenters. The molecular formula is C18H27F6N5O5. The number of amides is 1. The SMILES string of the molecule is CNC(=O)CN1CCc2c(CN(C)C(C)C)n[nH]c2C1.O=C(O)C(F)(F)F.O=C(O)C(F)(F)F. The predicted octanol–water partition coefficient (Wildman–Crippen LogP) is 1.62. The molecule has 196 valence electrons. The Kier molecular flexibility index (Phi) is 12.0. The molecule has 0 saturated heterocycles. The van der Waals surface area contributed by atoms with E-state index < -0.39 is 24.3 Å². The van der Waals surface area contributed by atoms with Crippen LogP contribution in [0, 0.1) is 0 Å². The van der Waals surface area contributed by atoms with Crippen molar-refractivity contribution in [1.82, 2.24) is 25.3 Å². The molecule has 0 bridgehead atoms. The number of halogens is 6. The second-order valence-corrected chi connectivity index (χ2v) is 7.38. The van der Waals surface area contributed by atoms with Gasteiger partial charge in [0.05, 0.1) is 17.9 Å². The lowest BCUT2D eigenvalue weighted by molar-refractivity contribution is -0.193. The molecule has 0 spiro atoms. The summed E-state index contributed by atoms with van der Waals surface area (Å²) in [5.41, 5.74) is 3.65. The van der Waals surface area contributed by atoms with Crippen molar-refractivity contribution < 1.29 is 50.9 Å². The Hall–Kier alpha value is -2.88. The topological polar surface area (TPSA) is 139 Å². The standard InChI is InChI=1S/C14H25N5O.2C2HF3O2/c1-10(2)18(4)7-12-11-5-6-19(9-14(20)15-3)8-13(11)17-16-12;2*3-2(4,5)1(6)7/h10H,5-9H2,1-4H3,(H,15,20)(H,16,17);2*(H,6,7). The molecule has 34 heavy (non-hydrogen) atoms. The van der Waals surface area contributed by atoms with E-state index >= 15 is 0 Å². The number of carboxylic acids is 2. The van der Waals surface area contributed by atoms with Crippen molar-refractivity contribution in [2.75, 3.05) is 27.2 Å². The number of carbonyl (C=O) groups excluding carboxylic acids is 1. The molecule has 16 heteroatoms. The number of rotatable bonds is 5. The highest BCUT2D eigenvalue weighted by molar-refractivity contribution is 5.77. The average Bonchev–Trinajstić information content (AvgIpc) is 3.09. The van der Waals surface area contributed by atoms with Crippen molar-refractivity contribution in [3.05, 3.63) is 17.0 Å². The third kappa shape index (κ3) is 11.3. The van der Waals surface area contributed by atoms with Crippen LogP contribution in [0.15, 0.2) is 0 Å². The van der Waals surface area contributed by atoms with Gasteiger partial charge in [-0.2, -0.15) is 31.4 Å². The molecule has 1 aliphatic heterocycles. The van der Waals surface area contributed by atoms with E-state index in [-0.39, 0.29) is 5.91 Å². The molecule has 4 N–H and O–H groups in total. The maximum Gasteiger partial charge on any atom is 0.490 e. The van der Waals surface area contributed by atoms with E-state index in [0.29, 0.717) is 12.6 Å². The molecule has 0 fully saturated rings. The number of alkyl halides is 6. The zero-order valence-corrected chi connectivity index (χ0v) is 18.8. The highest BCUT2D eigenvalue weighted by Crippen LogP contribution is 2.21. The summed E-state index contributed by atoms with van der Waals surface area (Å²) in [4.78, 5) is 33.7. The average molecular weight is 507 g/mol. The number of fused-ring (bicyclic) bond motifs is 1. The fourth-order valence-electron chi connectivity index (χ4n) is 2.41. The fourth-order valence-corrected chi connectivity index (χ4v) is 2.41. The van der Waals surface area contributed by atoms with Gasteiger partial charge in [-0.25, -0.2) is 9.59 Å². The minimum atomic E-state index is -5.08. The van der Waals surface area contributed by atoms with Crippen LogP contribution in [0.2, 0.25) is 0 Å². The van der Waals surface area contributed by atoms with E-state index in [1.165, 1.54) is 5.56 Å². The van der Waals surface area contributed by atoms with Gasteiger partial charge in [0.25, 0.3) is 0 Å². The number of aromatic amines is 1. The van der Waals surface area contributed by atoms with Crippen LogP contribution in [-0.2, 0) is 33.9 Å². The van der Waals surface area contributed by atoms with E-state index in [9.17, 15) is 31.1 Å². The van der Waals surface area contributed by atoms with E-state index in [0.717, 1.165) is 37.4 Å². The Balaban J connectivity index is 0.000000642. The minimum absolute atomic E-state index is 0.0627. The van der Waals surface area contributed by atoms with E-state index in [4.69, 9.17) is 19.8 Å². The minimum Gasteiger partial charge on any atom is -0.475 e. The normalized spacial score (nSPS) is 13.9. The van der Waals surface area contributed by atoms with Gasteiger partial charge in [-0.1, -0.05) is 0 Å². The number of likely N-dealkylation sites (N-methyl/N-ethyl adjacent to an activating group) is 1. The molecule has 1 aromatic heterocycles. The van der Waals surface area contributed by atoms with Gasteiger partial charge in [-0.3, -0.25) is 19.7 Å². The number of carboxylic acid groups (broad SMARTS) is 2. The van der Waals surface area contributed by atoms with Crippen LogP contribution in [0.4, 0.5) is 26.3 Å². The van der Waals surface area contributed by atoms with Gasteiger partial charge < -0.3 is 15.5 Å². The quantitative estimate of drug-likeness (QED) is 0.441. The first-order valence-corrected chi connectivity index (χ1v) is 9.68. The Morgan fingerprint density at radius 1 is 1.12 bits per heavy atom.